The lowest BCUT2D eigenvalue weighted by Crippen LogP contribution is -2.32. The summed E-state index contributed by atoms with van der Waals surface area (Å²) in [4.78, 5) is 10.4. The molecule has 3 unspecified atom stereocenters. The molecule has 1 aliphatic carbocycles. The van der Waals surface area contributed by atoms with Crippen molar-refractivity contribution in [3.63, 3.8) is 0 Å². The average Bonchev–Trinajstić information content (AvgIpc) is 2.80. The summed E-state index contributed by atoms with van der Waals surface area (Å²) in [6.45, 7) is 2.07. The van der Waals surface area contributed by atoms with Gasteiger partial charge in [-0.05, 0) is 39.2 Å². The van der Waals surface area contributed by atoms with Crippen LogP contribution >= 0.6 is 0 Å². The van der Waals surface area contributed by atoms with Crippen LogP contribution in [0.2, 0.25) is 0 Å². The van der Waals surface area contributed by atoms with Gasteiger partial charge in [0.25, 0.3) is 0 Å². The smallest absolute Gasteiger partial charge is 0.123 e. The average molecular weight is 191 g/mol. The number of likely N-dealkylation sites (tertiary alicyclic amines) is 1. The molecule has 1 aromatic rings. The van der Waals surface area contributed by atoms with Crippen LogP contribution in [0.1, 0.15) is 36.8 Å². The molecule has 3 rings (SSSR count). The Kier molecular flexibility index (Phi) is 1.71. The highest BCUT2D eigenvalue weighted by Crippen LogP contribution is 2.48. The van der Waals surface area contributed by atoms with Crippen molar-refractivity contribution < 1.29 is 0 Å². The molecule has 0 amide bonds. The van der Waals surface area contributed by atoms with Crippen LogP contribution in [0.3, 0.4) is 0 Å². The summed E-state index contributed by atoms with van der Waals surface area (Å²) in [5.41, 5.74) is 1.18. The van der Waals surface area contributed by atoms with Crippen molar-refractivity contribution in [2.45, 2.75) is 38.3 Å². The predicted octanol–water partition coefficient (Wildman–Crippen LogP) is 1.87. The molecule has 2 fully saturated rings. The number of aromatic amines is 1. The van der Waals surface area contributed by atoms with E-state index >= 15 is 0 Å². The Morgan fingerprint density at radius 2 is 2.36 bits per heavy atom. The molecule has 3 nitrogen and oxygen atoms in total. The Morgan fingerprint density at radius 3 is 2.93 bits per heavy atom. The number of nitrogens with one attached hydrogen (secondary N) is 1. The van der Waals surface area contributed by atoms with Gasteiger partial charge in [0.2, 0.25) is 0 Å². The Bertz CT molecular complexity index is 342. The molecular weight excluding hydrogens is 174 g/mol. The largest absolute Gasteiger partial charge is 0.345 e. The second-order valence-corrected chi connectivity index (χ2v) is 4.79. The summed E-state index contributed by atoms with van der Waals surface area (Å²) in [6.07, 6.45) is 6.09. The molecule has 1 aliphatic heterocycles. The van der Waals surface area contributed by atoms with Crippen LogP contribution in [-0.2, 0) is 0 Å². The zero-order chi connectivity index (χ0) is 9.71. The number of imidazole rings is 1. The monoisotopic (exact) mass is 191 g/mol. The normalized spacial score (nSPS) is 36.9. The molecule has 1 saturated heterocycles. The van der Waals surface area contributed by atoms with Crippen LogP contribution in [0.25, 0.3) is 0 Å². The van der Waals surface area contributed by atoms with E-state index in [0.29, 0.717) is 6.04 Å². The Morgan fingerprint density at radius 1 is 1.50 bits per heavy atom. The number of piperidine rings is 1. The molecule has 1 aromatic heterocycles. The fourth-order valence-electron chi connectivity index (χ4n) is 3.21. The SMILES string of the molecule is Cc1cnc(C2C3CCC(C3)N2C)[nH]1. The van der Waals surface area contributed by atoms with Gasteiger partial charge in [0, 0.05) is 17.9 Å². The Balaban J connectivity index is 1.92. The van der Waals surface area contributed by atoms with Crippen molar-refractivity contribution in [1.82, 2.24) is 14.9 Å². The van der Waals surface area contributed by atoms with Crippen LogP contribution in [0, 0.1) is 12.8 Å². The molecule has 2 aliphatic rings. The van der Waals surface area contributed by atoms with E-state index in [0.717, 1.165) is 12.0 Å². The van der Waals surface area contributed by atoms with Crippen molar-refractivity contribution in [2.75, 3.05) is 7.05 Å². The maximum absolute atomic E-state index is 4.47. The highest BCUT2D eigenvalue weighted by Gasteiger charge is 2.45. The van der Waals surface area contributed by atoms with Gasteiger partial charge < -0.3 is 4.98 Å². The van der Waals surface area contributed by atoms with E-state index in [1.165, 1.54) is 30.8 Å². The van der Waals surface area contributed by atoms with Gasteiger partial charge in [0.1, 0.15) is 5.82 Å². The number of hydrogen-bond acceptors (Lipinski definition) is 2. The van der Waals surface area contributed by atoms with Gasteiger partial charge in [-0.15, -0.1) is 0 Å². The molecule has 2 heterocycles. The number of hydrogen-bond donors (Lipinski definition) is 1. The van der Waals surface area contributed by atoms with E-state index in [2.05, 4.69) is 28.8 Å². The standard InChI is InChI=1S/C11H17N3/c1-7-6-12-11(13-7)10-8-3-4-9(5-8)14(10)2/h6,8-10H,3-5H2,1-2H3,(H,12,13). The maximum atomic E-state index is 4.47. The van der Waals surface area contributed by atoms with Crippen LogP contribution in [0.5, 0.6) is 0 Å². The van der Waals surface area contributed by atoms with Gasteiger partial charge in [-0.25, -0.2) is 4.98 Å². The minimum atomic E-state index is 0.558. The minimum absolute atomic E-state index is 0.558. The van der Waals surface area contributed by atoms with Gasteiger partial charge >= 0.3 is 0 Å². The molecule has 3 heteroatoms. The number of aromatic nitrogens is 2. The zero-order valence-electron chi connectivity index (χ0n) is 8.83. The lowest BCUT2D eigenvalue weighted by atomic mass is 9.98. The topological polar surface area (TPSA) is 31.9 Å². The van der Waals surface area contributed by atoms with E-state index in [9.17, 15) is 0 Å². The third-order valence-corrected chi connectivity index (χ3v) is 3.91. The molecule has 0 spiro atoms. The first-order valence-electron chi connectivity index (χ1n) is 5.49. The van der Waals surface area contributed by atoms with Crippen LogP contribution in [-0.4, -0.2) is 28.0 Å². The van der Waals surface area contributed by atoms with Crippen molar-refractivity contribution in [2.24, 2.45) is 5.92 Å². The third kappa shape index (κ3) is 1.05. The molecular formula is C11H17N3. The van der Waals surface area contributed by atoms with Crippen LogP contribution < -0.4 is 0 Å². The predicted molar refractivity (Wildman–Crippen MR) is 55.0 cm³/mol. The van der Waals surface area contributed by atoms with Gasteiger partial charge in [-0.3, -0.25) is 4.90 Å². The van der Waals surface area contributed by atoms with Crippen LogP contribution in [0.15, 0.2) is 6.20 Å². The fraction of sp³-hybridized carbons (Fsp3) is 0.727. The van der Waals surface area contributed by atoms with E-state index in [1.54, 1.807) is 0 Å². The Labute approximate surface area is 84.5 Å². The lowest BCUT2D eigenvalue weighted by molar-refractivity contribution is 0.170. The minimum Gasteiger partial charge on any atom is -0.345 e. The van der Waals surface area contributed by atoms with Gasteiger partial charge in [-0.2, -0.15) is 0 Å². The summed E-state index contributed by atoms with van der Waals surface area (Å²) in [5.74, 6) is 2.02. The van der Waals surface area contributed by atoms with E-state index in [1.807, 2.05) is 6.20 Å². The molecule has 2 bridgehead atoms. The van der Waals surface area contributed by atoms with Crippen molar-refractivity contribution in [3.05, 3.63) is 17.7 Å². The fourth-order valence-corrected chi connectivity index (χ4v) is 3.21. The summed E-state index contributed by atoms with van der Waals surface area (Å²) >= 11 is 0. The number of aryl methyl sites for hydroxylation is 1. The second-order valence-electron chi connectivity index (χ2n) is 4.79. The first-order valence-corrected chi connectivity index (χ1v) is 5.49. The van der Waals surface area contributed by atoms with E-state index < -0.39 is 0 Å². The van der Waals surface area contributed by atoms with E-state index in [4.69, 9.17) is 0 Å². The molecule has 1 N–H and O–H groups in total. The number of nitrogens with zero attached hydrogens (tertiary/aromatic N) is 2. The molecule has 14 heavy (non-hydrogen) atoms. The lowest BCUT2D eigenvalue weighted by Gasteiger charge is -2.30. The highest BCUT2D eigenvalue weighted by atomic mass is 15.2. The molecule has 1 saturated carbocycles. The second kappa shape index (κ2) is 2.83. The van der Waals surface area contributed by atoms with Crippen molar-refractivity contribution in [1.29, 1.82) is 0 Å². The molecule has 0 radical (unpaired) electrons. The molecule has 0 aromatic carbocycles. The number of fused-ring (bicyclic) bond motifs is 2. The van der Waals surface area contributed by atoms with Gasteiger partial charge in [0.05, 0.1) is 6.04 Å². The van der Waals surface area contributed by atoms with Crippen LogP contribution in [0.4, 0.5) is 0 Å². The first kappa shape index (κ1) is 8.48. The number of rotatable bonds is 1. The van der Waals surface area contributed by atoms with Crippen molar-refractivity contribution in [3.8, 4) is 0 Å². The zero-order valence-corrected chi connectivity index (χ0v) is 8.83. The maximum Gasteiger partial charge on any atom is 0.123 e. The van der Waals surface area contributed by atoms with Gasteiger partial charge in [-0.1, -0.05) is 0 Å². The molecule has 76 valence electrons. The Hall–Kier alpha value is -0.830. The summed E-state index contributed by atoms with van der Waals surface area (Å²) in [5, 5.41) is 0. The van der Waals surface area contributed by atoms with Gasteiger partial charge in [0.15, 0.2) is 0 Å². The number of H-pyrrole nitrogens is 1. The quantitative estimate of drug-likeness (QED) is 0.735. The third-order valence-electron chi connectivity index (χ3n) is 3.91. The molecule has 3 atom stereocenters. The first-order chi connectivity index (χ1) is 6.75. The summed E-state index contributed by atoms with van der Waals surface area (Å²) < 4.78 is 0. The summed E-state index contributed by atoms with van der Waals surface area (Å²) in [6, 6.07) is 1.37. The highest BCUT2D eigenvalue weighted by molar-refractivity contribution is 5.10. The summed E-state index contributed by atoms with van der Waals surface area (Å²) in [7, 11) is 2.24. The van der Waals surface area contributed by atoms with Crippen molar-refractivity contribution >= 4 is 0 Å². The van der Waals surface area contributed by atoms with E-state index in [-0.39, 0.29) is 0 Å².